The average Bonchev–Trinajstić information content (AvgIpc) is 2.87. The van der Waals surface area contributed by atoms with E-state index >= 15 is 0 Å². The molecular formula is C15H22N2O3. The molecule has 1 aliphatic rings. The van der Waals surface area contributed by atoms with Crippen molar-refractivity contribution in [3.05, 3.63) is 23.8 Å². The molecule has 5 nitrogen and oxygen atoms in total. The van der Waals surface area contributed by atoms with Crippen LogP contribution in [0, 0.1) is 0 Å². The molecule has 0 aromatic heterocycles. The topological polar surface area (TPSA) is 64.8 Å². The van der Waals surface area contributed by atoms with E-state index in [0.717, 1.165) is 13.0 Å². The minimum atomic E-state index is 0.00181. The van der Waals surface area contributed by atoms with Crippen LogP contribution in [0.15, 0.2) is 18.2 Å². The summed E-state index contributed by atoms with van der Waals surface area (Å²) in [5, 5.41) is 0. The van der Waals surface area contributed by atoms with Crippen molar-refractivity contribution in [2.45, 2.75) is 26.3 Å². The van der Waals surface area contributed by atoms with Gasteiger partial charge in [0.05, 0.1) is 13.2 Å². The fourth-order valence-corrected chi connectivity index (χ4v) is 2.34. The molecule has 1 amide bonds. The lowest BCUT2D eigenvalue weighted by molar-refractivity contribution is 0.0790. The van der Waals surface area contributed by atoms with Crippen LogP contribution in [-0.4, -0.2) is 43.2 Å². The van der Waals surface area contributed by atoms with Crippen LogP contribution in [-0.2, 0) is 0 Å². The zero-order valence-corrected chi connectivity index (χ0v) is 12.1. The highest BCUT2D eigenvalue weighted by Crippen LogP contribution is 2.29. The Morgan fingerprint density at radius 3 is 2.60 bits per heavy atom. The quantitative estimate of drug-likeness (QED) is 0.889. The molecule has 2 rings (SSSR count). The number of nitrogens with two attached hydrogens (primary N) is 1. The van der Waals surface area contributed by atoms with Crippen LogP contribution in [0.4, 0.5) is 0 Å². The van der Waals surface area contributed by atoms with Crippen LogP contribution in [0.5, 0.6) is 11.5 Å². The Labute approximate surface area is 119 Å². The molecule has 1 aromatic carbocycles. The van der Waals surface area contributed by atoms with Gasteiger partial charge in [-0.15, -0.1) is 0 Å². The van der Waals surface area contributed by atoms with Crippen LogP contribution >= 0.6 is 0 Å². The van der Waals surface area contributed by atoms with Gasteiger partial charge >= 0.3 is 0 Å². The first-order chi connectivity index (χ1) is 9.65. The second-order valence-corrected chi connectivity index (χ2v) is 4.83. The molecule has 0 spiro atoms. The fourth-order valence-electron chi connectivity index (χ4n) is 2.34. The summed E-state index contributed by atoms with van der Waals surface area (Å²) in [7, 11) is 0. The van der Waals surface area contributed by atoms with Gasteiger partial charge in [0.25, 0.3) is 5.91 Å². The second kappa shape index (κ2) is 6.61. The lowest BCUT2D eigenvalue weighted by Crippen LogP contribution is -2.31. The maximum Gasteiger partial charge on any atom is 0.254 e. The smallest absolute Gasteiger partial charge is 0.254 e. The van der Waals surface area contributed by atoms with Gasteiger partial charge in [0.2, 0.25) is 0 Å². The van der Waals surface area contributed by atoms with Crippen molar-refractivity contribution in [1.82, 2.24) is 4.90 Å². The summed E-state index contributed by atoms with van der Waals surface area (Å²) in [6.07, 6.45) is 0.862. The third-order valence-corrected chi connectivity index (χ3v) is 3.30. The molecule has 0 bridgehead atoms. The van der Waals surface area contributed by atoms with E-state index in [1.807, 2.05) is 13.8 Å². The Kier molecular flexibility index (Phi) is 4.84. The van der Waals surface area contributed by atoms with E-state index in [0.29, 0.717) is 36.8 Å². The summed E-state index contributed by atoms with van der Waals surface area (Å²) in [5.74, 6) is 1.29. The van der Waals surface area contributed by atoms with Crippen molar-refractivity contribution in [1.29, 1.82) is 0 Å². The molecule has 1 heterocycles. The maximum atomic E-state index is 12.4. The van der Waals surface area contributed by atoms with E-state index in [4.69, 9.17) is 15.2 Å². The highest BCUT2D eigenvalue weighted by Gasteiger charge is 2.25. The molecule has 20 heavy (non-hydrogen) atoms. The fraction of sp³-hybridized carbons (Fsp3) is 0.533. The summed E-state index contributed by atoms with van der Waals surface area (Å²) in [6, 6.07) is 5.41. The minimum Gasteiger partial charge on any atom is -0.490 e. The summed E-state index contributed by atoms with van der Waals surface area (Å²) in [5.41, 5.74) is 6.46. The van der Waals surface area contributed by atoms with Gasteiger partial charge < -0.3 is 20.1 Å². The number of hydrogen-bond acceptors (Lipinski definition) is 4. The largest absolute Gasteiger partial charge is 0.490 e. The second-order valence-electron chi connectivity index (χ2n) is 4.83. The normalized spacial score (nSPS) is 18.1. The van der Waals surface area contributed by atoms with Crippen molar-refractivity contribution in [3.8, 4) is 11.5 Å². The number of amides is 1. The van der Waals surface area contributed by atoms with Gasteiger partial charge in [0, 0.05) is 24.7 Å². The highest BCUT2D eigenvalue weighted by atomic mass is 16.5. The molecule has 110 valence electrons. The summed E-state index contributed by atoms with van der Waals surface area (Å²) in [4.78, 5) is 14.2. The monoisotopic (exact) mass is 278 g/mol. The van der Waals surface area contributed by atoms with Crippen LogP contribution in [0.1, 0.15) is 30.6 Å². The predicted molar refractivity (Wildman–Crippen MR) is 77.3 cm³/mol. The molecule has 1 aliphatic heterocycles. The zero-order valence-electron chi connectivity index (χ0n) is 12.1. The average molecular weight is 278 g/mol. The summed E-state index contributed by atoms with van der Waals surface area (Å²) < 4.78 is 11.0. The van der Waals surface area contributed by atoms with E-state index in [2.05, 4.69) is 0 Å². The van der Waals surface area contributed by atoms with Gasteiger partial charge in [-0.1, -0.05) is 0 Å². The molecule has 0 radical (unpaired) electrons. The Balaban J connectivity index is 2.19. The first-order valence-electron chi connectivity index (χ1n) is 7.10. The highest BCUT2D eigenvalue weighted by molar-refractivity contribution is 5.95. The lowest BCUT2D eigenvalue weighted by atomic mass is 10.1. The Morgan fingerprint density at radius 2 is 2.00 bits per heavy atom. The number of benzene rings is 1. The number of rotatable bonds is 5. The predicted octanol–water partition coefficient (Wildman–Crippen LogP) is 1.66. The number of carbonyl (C=O) groups excluding carboxylic acids is 1. The SMILES string of the molecule is CCOc1ccc(C(=O)N2CC[C@@H](N)C2)cc1OCC. The van der Waals surface area contributed by atoms with Gasteiger partial charge in [-0.05, 0) is 38.5 Å². The van der Waals surface area contributed by atoms with Crippen molar-refractivity contribution in [2.75, 3.05) is 26.3 Å². The van der Waals surface area contributed by atoms with Crippen molar-refractivity contribution >= 4 is 5.91 Å². The third kappa shape index (κ3) is 3.22. The van der Waals surface area contributed by atoms with Crippen molar-refractivity contribution in [3.63, 3.8) is 0 Å². The molecule has 0 aliphatic carbocycles. The maximum absolute atomic E-state index is 12.4. The molecule has 0 saturated carbocycles. The zero-order chi connectivity index (χ0) is 14.5. The van der Waals surface area contributed by atoms with Gasteiger partial charge in [-0.2, -0.15) is 0 Å². The molecule has 1 aromatic rings. The van der Waals surface area contributed by atoms with Crippen LogP contribution < -0.4 is 15.2 Å². The third-order valence-electron chi connectivity index (χ3n) is 3.30. The van der Waals surface area contributed by atoms with Gasteiger partial charge in [-0.25, -0.2) is 0 Å². The minimum absolute atomic E-state index is 0.00181. The Hall–Kier alpha value is -1.75. The van der Waals surface area contributed by atoms with Gasteiger partial charge in [0.15, 0.2) is 11.5 Å². The van der Waals surface area contributed by atoms with E-state index in [-0.39, 0.29) is 11.9 Å². The number of carbonyl (C=O) groups is 1. The van der Waals surface area contributed by atoms with E-state index in [1.165, 1.54) is 0 Å². The molecular weight excluding hydrogens is 256 g/mol. The first kappa shape index (κ1) is 14.7. The number of likely N-dealkylation sites (tertiary alicyclic amines) is 1. The van der Waals surface area contributed by atoms with E-state index in [1.54, 1.807) is 23.1 Å². The van der Waals surface area contributed by atoms with Gasteiger partial charge in [-0.3, -0.25) is 4.79 Å². The Morgan fingerprint density at radius 1 is 1.30 bits per heavy atom. The van der Waals surface area contributed by atoms with E-state index in [9.17, 15) is 4.79 Å². The molecule has 1 saturated heterocycles. The number of nitrogens with zero attached hydrogens (tertiary/aromatic N) is 1. The van der Waals surface area contributed by atoms with Crippen LogP contribution in [0.2, 0.25) is 0 Å². The van der Waals surface area contributed by atoms with Crippen molar-refractivity contribution < 1.29 is 14.3 Å². The molecule has 2 N–H and O–H groups in total. The van der Waals surface area contributed by atoms with E-state index < -0.39 is 0 Å². The number of hydrogen-bond donors (Lipinski definition) is 1. The summed E-state index contributed by atoms with van der Waals surface area (Å²) >= 11 is 0. The van der Waals surface area contributed by atoms with Crippen LogP contribution in [0.3, 0.4) is 0 Å². The lowest BCUT2D eigenvalue weighted by Gasteiger charge is -2.17. The summed E-state index contributed by atoms with van der Waals surface area (Å²) in [6.45, 7) is 6.26. The number of ether oxygens (including phenoxy) is 2. The molecule has 0 unspecified atom stereocenters. The Bertz CT molecular complexity index is 476. The van der Waals surface area contributed by atoms with Gasteiger partial charge in [0.1, 0.15) is 0 Å². The van der Waals surface area contributed by atoms with Crippen LogP contribution in [0.25, 0.3) is 0 Å². The molecule has 1 atom stereocenters. The molecule has 5 heteroatoms. The van der Waals surface area contributed by atoms with Crippen molar-refractivity contribution in [2.24, 2.45) is 5.73 Å². The first-order valence-corrected chi connectivity index (χ1v) is 7.10. The molecule has 1 fully saturated rings. The standard InChI is InChI=1S/C15H22N2O3/c1-3-19-13-6-5-11(9-14(13)20-4-2)15(18)17-8-7-12(16)10-17/h5-6,9,12H,3-4,7-8,10,16H2,1-2H3/t12-/m1/s1.